The first-order valence-corrected chi connectivity index (χ1v) is 10.4. The lowest BCUT2D eigenvalue weighted by Gasteiger charge is -2.34. The molecule has 0 radical (unpaired) electrons. The molecule has 5 rings (SSSR count). The lowest BCUT2D eigenvalue weighted by molar-refractivity contribution is 0.0748. The van der Waals surface area contributed by atoms with E-state index in [1.165, 1.54) is 0 Å². The summed E-state index contributed by atoms with van der Waals surface area (Å²) in [6.07, 6.45) is 5.30. The smallest absolute Gasteiger partial charge is 0.254 e. The Balaban J connectivity index is 1.47. The van der Waals surface area contributed by atoms with E-state index in [-0.39, 0.29) is 5.91 Å². The number of benzene rings is 1. The third-order valence-electron chi connectivity index (χ3n) is 5.18. The molecule has 7 heteroatoms. The van der Waals surface area contributed by atoms with Crippen molar-refractivity contribution >= 4 is 33.3 Å². The highest BCUT2D eigenvalue weighted by Gasteiger charge is 2.25. The van der Waals surface area contributed by atoms with E-state index in [9.17, 15) is 4.79 Å². The van der Waals surface area contributed by atoms with Crippen LogP contribution in [-0.4, -0.2) is 51.9 Å². The molecule has 1 amide bonds. The van der Waals surface area contributed by atoms with E-state index < -0.39 is 0 Å². The Morgan fingerprint density at radius 2 is 1.76 bits per heavy atom. The van der Waals surface area contributed by atoms with Crippen LogP contribution in [0.25, 0.3) is 22.2 Å². The van der Waals surface area contributed by atoms with Gasteiger partial charge in [-0.05, 0) is 24.3 Å². The van der Waals surface area contributed by atoms with Crippen LogP contribution >= 0.6 is 11.3 Å². The Morgan fingerprint density at radius 3 is 2.52 bits per heavy atom. The minimum Gasteiger partial charge on any atom is -0.345 e. The van der Waals surface area contributed by atoms with Crippen molar-refractivity contribution in [1.82, 2.24) is 19.9 Å². The predicted octanol–water partition coefficient (Wildman–Crippen LogP) is 3.72. The number of anilines is 1. The Bertz CT molecular complexity index is 1140. The van der Waals surface area contributed by atoms with Gasteiger partial charge in [-0.25, -0.2) is 9.97 Å². The number of amides is 1. The molecule has 0 unspecified atom stereocenters. The van der Waals surface area contributed by atoms with Crippen molar-refractivity contribution in [3.8, 4) is 11.3 Å². The SMILES string of the molecule is O=C(c1cc(-c2ccncc2)nc2ccccc12)N1CCN(c2nccs2)CC1. The predicted molar refractivity (Wildman–Crippen MR) is 115 cm³/mol. The molecule has 0 N–H and O–H groups in total. The van der Waals surface area contributed by atoms with Gasteiger partial charge in [-0.2, -0.15) is 0 Å². The highest BCUT2D eigenvalue weighted by atomic mass is 32.1. The van der Waals surface area contributed by atoms with Crippen LogP contribution < -0.4 is 4.90 Å². The van der Waals surface area contributed by atoms with Crippen LogP contribution in [0.15, 0.2) is 66.4 Å². The first kappa shape index (κ1) is 17.8. The fourth-order valence-corrected chi connectivity index (χ4v) is 4.36. The van der Waals surface area contributed by atoms with Gasteiger partial charge >= 0.3 is 0 Å². The lowest BCUT2D eigenvalue weighted by atomic mass is 10.0. The minimum absolute atomic E-state index is 0.0534. The topological polar surface area (TPSA) is 62.2 Å². The molecule has 1 saturated heterocycles. The molecule has 1 fully saturated rings. The molecule has 6 nitrogen and oxygen atoms in total. The standard InChI is InChI=1S/C22H19N5OS/c28-21(26-10-12-27(13-11-26)22-24-9-14-29-22)18-15-20(16-5-7-23-8-6-16)25-19-4-2-1-3-17(18)19/h1-9,14-15H,10-13H2. The molecule has 0 atom stereocenters. The third kappa shape index (κ3) is 3.45. The Labute approximate surface area is 172 Å². The van der Waals surface area contributed by atoms with Crippen LogP contribution in [0, 0.1) is 0 Å². The first-order chi connectivity index (χ1) is 14.3. The molecule has 1 aliphatic rings. The molecule has 29 heavy (non-hydrogen) atoms. The Kier molecular flexibility index (Phi) is 4.65. The van der Waals surface area contributed by atoms with Crippen LogP contribution in [0.3, 0.4) is 0 Å². The van der Waals surface area contributed by atoms with Crippen molar-refractivity contribution in [3.63, 3.8) is 0 Å². The number of rotatable bonds is 3. The van der Waals surface area contributed by atoms with Crippen molar-refractivity contribution in [2.45, 2.75) is 0 Å². The molecule has 144 valence electrons. The molecular weight excluding hydrogens is 382 g/mol. The molecule has 4 aromatic rings. The van der Waals surface area contributed by atoms with Crippen LogP contribution in [0.5, 0.6) is 0 Å². The molecule has 0 aliphatic carbocycles. The maximum absolute atomic E-state index is 13.4. The minimum atomic E-state index is 0.0534. The molecule has 0 saturated carbocycles. The number of carbonyl (C=O) groups excluding carboxylic acids is 1. The maximum Gasteiger partial charge on any atom is 0.254 e. The summed E-state index contributed by atoms with van der Waals surface area (Å²) >= 11 is 1.63. The molecule has 1 aliphatic heterocycles. The maximum atomic E-state index is 13.4. The van der Waals surface area contributed by atoms with Gasteiger partial charge in [-0.1, -0.05) is 18.2 Å². The fourth-order valence-electron chi connectivity index (χ4n) is 3.67. The van der Waals surface area contributed by atoms with Crippen LogP contribution in [0.1, 0.15) is 10.4 Å². The van der Waals surface area contributed by atoms with Crippen LogP contribution in [-0.2, 0) is 0 Å². The zero-order chi connectivity index (χ0) is 19.6. The van der Waals surface area contributed by atoms with Gasteiger partial charge in [-0.3, -0.25) is 9.78 Å². The average Bonchev–Trinajstić information content (AvgIpc) is 3.34. The van der Waals surface area contributed by atoms with Crippen molar-refractivity contribution in [2.24, 2.45) is 0 Å². The van der Waals surface area contributed by atoms with E-state index in [1.807, 2.05) is 58.9 Å². The number of carbonyl (C=O) groups is 1. The molecule has 3 aromatic heterocycles. The van der Waals surface area contributed by atoms with Gasteiger partial charge in [0.1, 0.15) is 0 Å². The number of para-hydroxylation sites is 1. The normalized spacial score (nSPS) is 14.3. The molecule has 4 heterocycles. The summed E-state index contributed by atoms with van der Waals surface area (Å²) in [5.74, 6) is 0.0534. The second kappa shape index (κ2) is 7.60. The highest BCUT2D eigenvalue weighted by molar-refractivity contribution is 7.13. The number of piperazine rings is 1. The van der Waals surface area contributed by atoms with Crippen molar-refractivity contribution in [3.05, 3.63) is 72.0 Å². The van der Waals surface area contributed by atoms with Gasteiger partial charge in [0.05, 0.1) is 16.8 Å². The summed E-state index contributed by atoms with van der Waals surface area (Å²) in [6.45, 7) is 2.94. The summed E-state index contributed by atoms with van der Waals surface area (Å²) in [4.78, 5) is 30.8. The van der Waals surface area contributed by atoms with Crippen molar-refractivity contribution in [2.75, 3.05) is 31.1 Å². The van der Waals surface area contributed by atoms with E-state index in [2.05, 4.69) is 14.9 Å². The van der Waals surface area contributed by atoms with Gasteiger partial charge in [-0.15, -0.1) is 11.3 Å². The fraction of sp³-hybridized carbons (Fsp3) is 0.182. The van der Waals surface area contributed by atoms with E-state index in [4.69, 9.17) is 4.98 Å². The summed E-state index contributed by atoms with van der Waals surface area (Å²) in [5.41, 5.74) is 3.26. The van der Waals surface area contributed by atoms with Crippen molar-refractivity contribution in [1.29, 1.82) is 0 Å². The number of hydrogen-bond donors (Lipinski definition) is 0. The summed E-state index contributed by atoms with van der Waals surface area (Å²) in [5, 5.41) is 3.89. The van der Waals surface area contributed by atoms with Gasteiger partial charge in [0, 0.05) is 61.1 Å². The molecule has 0 spiro atoms. The second-order valence-electron chi connectivity index (χ2n) is 6.90. The van der Waals surface area contributed by atoms with E-state index in [0.29, 0.717) is 18.7 Å². The quantitative estimate of drug-likeness (QED) is 0.524. The van der Waals surface area contributed by atoms with Gasteiger partial charge in [0.15, 0.2) is 5.13 Å². The number of pyridine rings is 2. The summed E-state index contributed by atoms with van der Waals surface area (Å²) in [7, 11) is 0. The van der Waals surface area contributed by atoms with Crippen molar-refractivity contribution < 1.29 is 4.79 Å². The average molecular weight is 401 g/mol. The zero-order valence-electron chi connectivity index (χ0n) is 15.7. The number of nitrogens with zero attached hydrogens (tertiary/aromatic N) is 5. The highest BCUT2D eigenvalue weighted by Crippen LogP contribution is 2.26. The monoisotopic (exact) mass is 401 g/mol. The van der Waals surface area contributed by atoms with E-state index in [0.717, 1.165) is 40.4 Å². The summed E-state index contributed by atoms with van der Waals surface area (Å²) in [6, 6.07) is 13.6. The molecule has 0 bridgehead atoms. The molecule has 1 aromatic carbocycles. The largest absolute Gasteiger partial charge is 0.345 e. The zero-order valence-corrected chi connectivity index (χ0v) is 16.5. The van der Waals surface area contributed by atoms with E-state index >= 15 is 0 Å². The molecular formula is C22H19N5OS. The Hall–Kier alpha value is -3.32. The van der Waals surface area contributed by atoms with Gasteiger partial charge in [0.2, 0.25) is 0 Å². The third-order valence-corrected chi connectivity index (χ3v) is 6.01. The lowest BCUT2D eigenvalue weighted by Crippen LogP contribution is -2.48. The van der Waals surface area contributed by atoms with Crippen LogP contribution in [0.4, 0.5) is 5.13 Å². The van der Waals surface area contributed by atoms with Crippen LogP contribution in [0.2, 0.25) is 0 Å². The first-order valence-electron chi connectivity index (χ1n) is 9.53. The van der Waals surface area contributed by atoms with Gasteiger partial charge < -0.3 is 9.80 Å². The number of hydrogen-bond acceptors (Lipinski definition) is 6. The van der Waals surface area contributed by atoms with Gasteiger partial charge in [0.25, 0.3) is 5.91 Å². The van der Waals surface area contributed by atoms with E-state index in [1.54, 1.807) is 23.7 Å². The Morgan fingerprint density at radius 1 is 0.966 bits per heavy atom. The number of thiazole rings is 1. The number of fused-ring (bicyclic) bond motifs is 1. The number of aromatic nitrogens is 3. The second-order valence-corrected chi connectivity index (χ2v) is 7.78. The summed E-state index contributed by atoms with van der Waals surface area (Å²) < 4.78 is 0.